The molecule has 1 unspecified atom stereocenters. The number of hydrazine groups is 1. The van der Waals surface area contributed by atoms with E-state index in [0.717, 1.165) is 25.9 Å². The van der Waals surface area contributed by atoms with Gasteiger partial charge in [0, 0.05) is 18.1 Å². The maximum absolute atomic E-state index is 12.5. The van der Waals surface area contributed by atoms with Gasteiger partial charge in [0.25, 0.3) is 11.8 Å². The molecule has 0 bridgehead atoms. The number of piperidine rings is 1. The van der Waals surface area contributed by atoms with E-state index in [1.807, 2.05) is 18.9 Å². The van der Waals surface area contributed by atoms with Crippen molar-refractivity contribution in [2.75, 3.05) is 13.1 Å². The topological polar surface area (TPSA) is 61.4 Å². The molecule has 1 heterocycles. The normalized spacial score (nSPS) is 16.7. The molecule has 0 aromatic heterocycles. The van der Waals surface area contributed by atoms with Crippen LogP contribution in [0.15, 0.2) is 18.2 Å². The Morgan fingerprint density at radius 3 is 2.38 bits per heavy atom. The highest BCUT2D eigenvalue weighted by molar-refractivity contribution is 6.36. The number of hydrogen-bond donors (Lipinski definition) is 2. The van der Waals surface area contributed by atoms with Crippen LogP contribution in [0.3, 0.4) is 0 Å². The van der Waals surface area contributed by atoms with Gasteiger partial charge in [-0.2, -0.15) is 0 Å². The van der Waals surface area contributed by atoms with Crippen molar-refractivity contribution >= 4 is 35.0 Å². The van der Waals surface area contributed by atoms with Gasteiger partial charge in [-0.05, 0) is 37.0 Å². The highest BCUT2D eigenvalue weighted by Crippen LogP contribution is 2.21. The smallest absolute Gasteiger partial charge is 0.257 e. The molecule has 0 saturated carbocycles. The molecule has 1 aliphatic rings. The summed E-state index contributed by atoms with van der Waals surface area (Å²) in [5.41, 5.74) is 3.21. The molecule has 5 nitrogen and oxygen atoms in total. The third-order valence-corrected chi connectivity index (χ3v) is 4.58. The van der Waals surface area contributed by atoms with E-state index in [-0.39, 0.29) is 22.8 Å². The van der Waals surface area contributed by atoms with Crippen molar-refractivity contribution in [3.8, 4) is 0 Å². The second-order valence-corrected chi connectivity index (χ2v) is 7.19. The number of nitrogens with one attached hydrogen (secondary N) is 2. The number of halogens is 2. The lowest BCUT2D eigenvalue weighted by atomic mass is 10.0. The Morgan fingerprint density at radius 2 is 1.79 bits per heavy atom. The Bertz CT molecular complexity index is 601. The van der Waals surface area contributed by atoms with Crippen LogP contribution in [-0.4, -0.2) is 36.0 Å². The van der Waals surface area contributed by atoms with Gasteiger partial charge in [-0.1, -0.05) is 43.5 Å². The summed E-state index contributed by atoms with van der Waals surface area (Å²) < 4.78 is 0. The van der Waals surface area contributed by atoms with Gasteiger partial charge in [-0.15, -0.1) is 0 Å². The van der Waals surface area contributed by atoms with E-state index >= 15 is 0 Å². The summed E-state index contributed by atoms with van der Waals surface area (Å²) in [5.74, 6) is -0.640. The number of carbonyl (C=O) groups excluding carboxylic acids is 2. The second-order valence-electron chi connectivity index (χ2n) is 6.34. The highest BCUT2D eigenvalue weighted by Gasteiger charge is 2.27. The van der Waals surface area contributed by atoms with E-state index in [2.05, 4.69) is 10.7 Å². The third kappa shape index (κ3) is 5.10. The first-order valence-corrected chi connectivity index (χ1v) is 8.95. The molecule has 1 saturated heterocycles. The van der Waals surface area contributed by atoms with Gasteiger partial charge in [0.1, 0.15) is 6.04 Å². The fourth-order valence-corrected chi connectivity index (χ4v) is 3.15. The molecule has 0 aliphatic carbocycles. The van der Waals surface area contributed by atoms with Gasteiger partial charge in [-0.25, -0.2) is 5.01 Å². The Labute approximate surface area is 152 Å². The Balaban J connectivity index is 2.04. The Morgan fingerprint density at radius 1 is 1.12 bits per heavy atom. The second kappa shape index (κ2) is 8.70. The summed E-state index contributed by atoms with van der Waals surface area (Å²) in [7, 11) is 0. The summed E-state index contributed by atoms with van der Waals surface area (Å²) >= 11 is 11.9. The zero-order valence-electron chi connectivity index (χ0n) is 13.9. The largest absolute Gasteiger partial charge is 0.340 e. The summed E-state index contributed by atoms with van der Waals surface area (Å²) in [6.07, 6.45) is 3.32. The van der Waals surface area contributed by atoms with Crippen molar-refractivity contribution in [2.45, 2.75) is 39.2 Å². The summed E-state index contributed by atoms with van der Waals surface area (Å²) in [5, 5.41) is 5.42. The molecule has 132 valence electrons. The first kappa shape index (κ1) is 19.0. The molecule has 2 N–H and O–H groups in total. The zero-order chi connectivity index (χ0) is 17.7. The van der Waals surface area contributed by atoms with Gasteiger partial charge < -0.3 is 5.32 Å². The van der Waals surface area contributed by atoms with Crippen molar-refractivity contribution in [3.63, 3.8) is 0 Å². The van der Waals surface area contributed by atoms with Crippen molar-refractivity contribution in [2.24, 2.45) is 5.92 Å². The number of rotatable bonds is 5. The van der Waals surface area contributed by atoms with Crippen LogP contribution in [0, 0.1) is 5.92 Å². The molecule has 7 heteroatoms. The van der Waals surface area contributed by atoms with Gasteiger partial charge in [0.2, 0.25) is 0 Å². The summed E-state index contributed by atoms with van der Waals surface area (Å²) in [6.45, 7) is 5.47. The quantitative estimate of drug-likeness (QED) is 0.834. The summed E-state index contributed by atoms with van der Waals surface area (Å²) in [4.78, 5) is 25.0. The van der Waals surface area contributed by atoms with Crippen molar-refractivity contribution in [3.05, 3.63) is 33.8 Å². The van der Waals surface area contributed by atoms with Gasteiger partial charge >= 0.3 is 0 Å². The third-order valence-electron chi connectivity index (χ3n) is 4.04. The van der Waals surface area contributed by atoms with Crippen LogP contribution >= 0.6 is 23.2 Å². The Kier molecular flexibility index (Phi) is 6.90. The minimum Gasteiger partial charge on any atom is -0.340 e. The number of hydrogen-bond acceptors (Lipinski definition) is 3. The lowest BCUT2D eigenvalue weighted by Gasteiger charge is -2.30. The van der Waals surface area contributed by atoms with E-state index < -0.39 is 6.04 Å². The average Bonchev–Trinajstić information content (AvgIpc) is 2.52. The van der Waals surface area contributed by atoms with Crippen molar-refractivity contribution in [1.29, 1.82) is 0 Å². The molecule has 1 aromatic rings. The fourth-order valence-electron chi connectivity index (χ4n) is 2.66. The Hall–Kier alpha value is -1.30. The number of carbonyl (C=O) groups is 2. The molecule has 24 heavy (non-hydrogen) atoms. The first-order valence-electron chi connectivity index (χ1n) is 8.20. The molecule has 2 amide bonds. The number of nitrogens with zero attached hydrogens (tertiary/aromatic N) is 1. The lowest BCUT2D eigenvalue weighted by molar-refractivity contribution is -0.129. The van der Waals surface area contributed by atoms with Crippen LogP contribution in [0.4, 0.5) is 0 Å². The fraction of sp³-hybridized carbons (Fsp3) is 0.529. The predicted octanol–water partition coefficient (Wildman–Crippen LogP) is 3.26. The lowest BCUT2D eigenvalue weighted by Crippen LogP contribution is -2.55. The SMILES string of the molecule is CC(C)C(NC(=O)c1ccc(Cl)cc1Cl)C(=O)NN1CCCCC1. The summed E-state index contributed by atoms with van der Waals surface area (Å²) in [6, 6.07) is 4.03. The average molecular weight is 372 g/mol. The minimum absolute atomic E-state index is 0.0511. The van der Waals surface area contributed by atoms with Crippen molar-refractivity contribution < 1.29 is 9.59 Å². The van der Waals surface area contributed by atoms with E-state index in [9.17, 15) is 9.59 Å². The maximum Gasteiger partial charge on any atom is 0.257 e. The van der Waals surface area contributed by atoms with Crippen LogP contribution in [0.1, 0.15) is 43.5 Å². The number of benzene rings is 1. The van der Waals surface area contributed by atoms with Gasteiger partial charge in [0.15, 0.2) is 0 Å². The van der Waals surface area contributed by atoms with Gasteiger partial charge in [0.05, 0.1) is 10.6 Å². The minimum atomic E-state index is -0.633. The van der Waals surface area contributed by atoms with Crippen LogP contribution in [-0.2, 0) is 4.79 Å². The van der Waals surface area contributed by atoms with E-state index in [4.69, 9.17) is 23.2 Å². The molecule has 1 atom stereocenters. The maximum atomic E-state index is 12.5. The van der Waals surface area contributed by atoms with Crippen LogP contribution in [0.5, 0.6) is 0 Å². The first-order chi connectivity index (χ1) is 11.4. The van der Waals surface area contributed by atoms with E-state index in [1.54, 1.807) is 12.1 Å². The van der Waals surface area contributed by atoms with E-state index in [1.165, 1.54) is 12.5 Å². The molecule has 1 fully saturated rings. The molecule has 1 aliphatic heterocycles. The zero-order valence-corrected chi connectivity index (χ0v) is 15.5. The molecular formula is C17H23Cl2N3O2. The van der Waals surface area contributed by atoms with E-state index in [0.29, 0.717) is 10.6 Å². The number of amides is 2. The monoisotopic (exact) mass is 371 g/mol. The predicted molar refractivity (Wildman–Crippen MR) is 96.1 cm³/mol. The standard InChI is InChI=1S/C17H23Cl2N3O2/c1-11(2)15(17(24)21-22-8-4-3-5-9-22)20-16(23)13-7-6-12(18)10-14(13)19/h6-7,10-11,15H,3-5,8-9H2,1-2H3,(H,20,23)(H,21,24). The van der Waals surface area contributed by atoms with Crippen LogP contribution in [0.25, 0.3) is 0 Å². The highest BCUT2D eigenvalue weighted by atomic mass is 35.5. The van der Waals surface area contributed by atoms with Crippen LogP contribution < -0.4 is 10.7 Å². The molecule has 0 spiro atoms. The molecule has 2 rings (SSSR count). The molecular weight excluding hydrogens is 349 g/mol. The van der Waals surface area contributed by atoms with Gasteiger partial charge in [-0.3, -0.25) is 15.0 Å². The van der Waals surface area contributed by atoms with Crippen molar-refractivity contribution in [1.82, 2.24) is 15.8 Å². The molecule has 1 aromatic carbocycles. The molecule has 0 radical (unpaired) electrons. The van der Waals surface area contributed by atoms with Crippen LogP contribution in [0.2, 0.25) is 10.0 Å².